The zero-order chi connectivity index (χ0) is 23.0. The first kappa shape index (κ1) is 23.7. The highest BCUT2D eigenvalue weighted by atomic mass is 16.2. The molecule has 9 heteroatoms. The predicted molar refractivity (Wildman–Crippen MR) is 123 cm³/mol. The van der Waals surface area contributed by atoms with Crippen molar-refractivity contribution in [2.45, 2.75) is 62.6 Å². The fraction of sp³-hybridized carbons (Fsp3) is 0.565. The fourth-order valence-corrected chi connectivity index (χ4v) is 4.71. The van der Waals surface area contributed by atoms with Crippen LogP contribution in [0.2, 0.25) is 0 Å². The minimum atomic E-state index is -1.01. The third kappa shape index (κ3) is 5.64. The molecule has 0 spiro atoms. The quantitative estimate of drug-likeness (QED) is 0.175. The van der Waals surface area contributed by atoms with Gasteiger partial charge in [0.15, 0.2) is 5.96 Å². The molecule has 0 aliphatic carbocycles. The maximum absolute atomic E-state index is 13.7. The van der Waals surface area contributed by atoms with Gasteiger partial charge in [-0.05, 0) is 50.6 Å². The number of likely N-dealkylation sites (tertiary alicyclic amines) is 1. The summed E-state index contributed by atoms with van der Waals surface area (Å²) in [6, 6.07) is 8.81. The summed E-state index contributed by atoms with van der Waals surface area (Å²) < 4.78 is 0. The number of carbonyl (C=O) groups excluding carboxylic acids is 3. The van der Waals surface area contributed by atoms with Gasteiger partial charge in [-0.2, -0.15) is 0 Å². The number of benzene rings is 1. The van der Waals surface area contributed by atoms with Gasteiger partial charge < -0.3 is 31.8 Å². The van der Waals surface area contributed by atoms with Gasteiger partial charge >= 0.3 is 0 Å². The van der Waals surface area contributed by atoms with E-state index in [0.29, 0.717) is 38.8 Å². The van der Waals surface area contributed by atoms with Crippen molar-refractivity contribution in [3.63, 3.8) is 0 Å². The van der Waals surface area contributed by atoms with Gasteiger partial charge in [-0.3, -0.25) is 14.6 Å². The molecule has 2 heterocycles. The molecule has 174 valence electrons. The number of nitrogens with zero attached hydrogens (tertiary/aromatic N) is 2. The van der Waals surface area contributed by atoms with E-state index >= 15 is 0 Å². The van der Waals surface area contributed by atoms with Gasteiger partial charge in [0, 0.05) is 19.5 Å². The minimum absolute atomic E-state index is 0.000801. The molecular formula is C23H34N6O3. The van der Waals surface area contributed by atoms with Gasteiger partial charge in [0.25, 0.3) is 0 Å². The molecule has 0 unspecified atom stereocenters. The summed E-state index contributed by atoms with van der Waals surface area (Å²) in [4.78, 5) is 44.4. The summed E-state index contributed by atoms with van der Waals surface area (Å²) in [7, 11) is 0. The first-order valence-electron chi connectivity index (χ1n) is 11.4. The van der Waals surface area contributed by atoms with Crippen molar-refractivity contribution in [3.05, 3.63) is 35.9 Å². The zero-order valence-electron chi connectivity index (χ0n) is 18.5. The molecule has 2 aliphatic rings. The molecule has 0 saturated carbocycles. The van der Waals surface area contributed by atoms with Gasteiger partial charge in [-0.15, -0.1) is 0 Å². The van der Waals surface area contributed by atoms with E-state index in [2.05, 4.69) is 15.6 Å². The lowest BCUT2D eigenvalue weighted by Gasteiger charge is -2.39. The molecule has 2 aliphatic heterocycles. The van der Waals surface area contributed by atoms with Crippen LogP contribution in [0.5, 0.6) is 0 Å². The Hall–Kier alpha value is -2.94. The third-order valence-electron chi connectivity index (χ3n) is 6.32. The molecule has 2 fully saturated rings. The minimum Gasteiger partial charge on any atom is -0.370 e. The lowest BCUT2D eigenvalue weighted by Crippen LogP contribution is -2.62. The highest BCUT2D eigenvalue weighted by Gasteiger charge is 2.51. The second-order valence-electron chi connectivity index (χ2n) is 8.60. The molecule has 1 aromatic carbocycles. The number of nitrogens with two attached hydrogens (primary N) is 2. The Balaban J connectivity index is 1.79. The smallest absolute Gasteiger partial charge is 0.246 e. The van der Waals surface area contributed by atoms with Crippen molar-refractivity contribution < 1.29 is 14.4 Å². The highest BCUT2D eigenvalue weighted by molar-refractivity contribution is 5.95. The van der Waals surface area contributed by atoms with E-state index in [1.807, 2.05) is 30.3 Å². The summed E-state index contributed by atoms with van der Waals surface area (Å²) >= 11 is 0. The second-order valence-corrected chi connectivity index (χ2v) is 8.60. The first-order chi connectivity index (χ1) is 15.5. The average Bonchev–Trinajstić information content (AvgIpc) is 3.47. The van der Waals surface area contributed by atoms with Crippen LogP contribution < -0.4 is 22.1 Å². The number of amides is 2. The van der Waals surface area contributed by atoms with Crippen molar-refractivity contribution in [1.29, 1.82) is 0 Å². The standard InChI is InChI=1S/C23H34N6O3/c24-22(25)27-13-4-9-18(16-30)28-21(32)23(15-17-7-2-1-3-8-17)11-6-14-29(23)20(31)19-10-5-12-26-19/h1-3,7-8,16,18-19,26H,4-6,9-15H2,(H,28,32)(H4,24,25,27)/t18-,19-,23+/m0/s1. The van der Waals surface area contributed by atoms with E-state index in [1.54, 1.807) is 4.90 Å². The molecular weight excluding hydrogens is 408 g/mol. The number of hydrogen-bond acceptors (Lipinski definition) is 5. The van der Waals surface area contributed by atoms with Crippen LogP contribution in [0.4, 0.5) is 0 Å². The second kappa shape index (κ2) is 11.1. The van der Waals surface area contributed by atoms with Crippen molar-refractivity contribution in [1.82, 2.24) is 15.5 Å². The Morgan fingerprint density at radius 2 is 2.06 bits per heavy atom. The first-order valence-corrected chi connectivity index (χ1v) is 11.4. The van der Waals surface area contributed by atoms with Crippen LogP contribution in [0.1, 0.15) is 44.1 Å². The average molecular weight is 443 g/mol. The molecule has 0 aromatic heterocycles. The summed E-state index contributed by atoms with van der Waals surface area (Å²) in [6.07, 6.45) is 5.17. The van der Waals surface area contributed by atoms with E-state index in [4.69, 9.17) is 11.5 Å². The normalized spacial score (nSPS) is 23.5. The van der Waals surface area contributed by atoms with Crippen molar-refractivity contribution in [2.24, 2.45) is 16.5 Å². The number of carbonyl (C=O) groups is 3. The van der Waals surface area contributed by atoms with Crippen LogP contribution in [-0.4, -0.2) is 66.2 Å². The maximum atomic E-state index is 13.7. The van der Waals surface area contributed by atoms with Crippen LogP contribution in [0.25, 0.3) is 0 Å². The Bertz CT molecular complexity index is 820. The predicted octanol–water partition coefficient (Wildman–Crippen LogP) is 0.0796. The zero-order valence-corrected chi connectivity index (χ0v) is 18.5. The highest BCUT2D eigenvalue weighted by Crippen LogP contribution is 2.35. The van der Waals surface area contributed by atoms with E-state index in [-0.39, 0.29) is 23.8 Å². The van der Waals surface area contributed by atoms with Crippen molar-refractivity contribution in [2.75, 3.05) is 19.6 Å². The topological polar surface area (TPSA) is 143 Å². The van der Waals surface area contributed by atoms with Gasteiger partial charge in [0.2, 0.25) is 11.8 Å². The van der Waals surface area contributed by atoms with Crippen LogP contribution >= 0.6 is 0 Å². The monoisotopic (exact) mass is 442 g/mol. The molecule has 9 nitrogen and oxygen atoms in total. The van der Waals surface area contributed by atoms with E-state index < -0.39 is 11.6 Å². The van der Waals surface area contributed by atoms with Crippen LogP contribution in [-0.2, 0) is 20.8 Å². The Morgan fingerprint density at radius 1 is 1.28 bits per heavy atom. The molecule has 32 heavy (non-hydrogen) atoms. The molecule has 3 atom stereocenters. The molecule has 2 saturated heterocycles. The Kier molecular flexibility index (Phi) is 8.21. The van der Waals surface area contributed by atoms with Gasteiger partial charge in [-0.1, -0.05) is 30.3 Å². The molecule has 1 aromatic rings. The molecule has 0 bridgehead atoms. The number of hydrogen-bond donors (Lipinski definition) is 4. The number of guanidine groups is 1. The molecule has 6 N–H and O–H groups in total. The van der Waals surface area contributed by atoms with Crippen LogP contribution in [0.3, 0.4) is 0 Å². The van der Waals surface area contributed by atoms with E-state index in [0.717, 1.165) is 37.7 Å². The van der Waals surface area contributed by atoms with E-state index in [1.165, 1.54) is 0 Å². The van der Waals surface area contributed by atoms with Crippen molar-refractivity contribution >= 4 is 24.1 Å². The molecule has 2 amide bonds. The molecule has 3 rings (SSSR count). The summed E-state index contributed by atoms with van der Waals surface area (Å²) in [6.45, 7) is 1.73. The van der Waals surface area contributed by atoms with Crippen LogP contribution in [0.15, 0.2) is 35.3 Å². The van der Waals surface area contributed by atoms with Gasteiger partial charge in [0.1, 0.15) is 11.8 Å². The Morgan fingerprint density at radius 3 is 2.72 bits per heavy atom. The fourth-order valence-electron chi connectivity index (χ4n) is 4.71. The van der Waals surface area contributed by atoms with Crippen molar-refractivity contribution in [3.8, 4) is 0 Å². The number of nitrogens with one attached hydrogen (secondary N) is 2. The summed E-state index contributed by atoms with van der Waals surface area (Å²) in [5.74, 6) is -0.301. The molecule has 0 radical (unpaired) electrons. The summed E-state index contributed by atoms with van der Waals surface area (Å²) in [5.41, 5.74) is 10.6. The lowest BCUT2D eigenvalue weighted by atomic mass is 9.86. The van der Waals surface area contributed by atoms with Crippen LogP contribution in [0, 0.1) is 0 Å². The van der Waals surface area contributed by atoms with Gasteiger partial charge in [-0.25, -0.2) is 0 Å². The summed E-state index contributed by atoms with van der Waals surface area (Å²) in [5, 5.41) is 6.16. The number of rotatable bonds is 10. The SMILES string of the molecule is NC(N)=NCCC[C@@H](C=O)NC(=O)[C@]1(Cc2ccccc2)CCCN1C(=O)[C@@H]1CCCN1. The Labute approximate surface area is 189 Å². The van der Waals surface area contributed by atoms with Gasteiger partial charge in [0.05, 0.1) is 12.1 Å². The number of aldehydes is 1. The van der Waals surface area contributed by atoms with E-state index in [9.17, 15) is 14.4 Å². The largest absolute Gasteiger partial charge is 0.370 e. The maximum Gasteiger partial charge on any atom is 0.246 e. The lowest BCUT2D eigenvalue weighted by molar-refractivity contribution is -0.146. The number of aliphatic imine (C=N–C) groups is 1. The third-order valence-corrected chi connectivity index (χ3v) is 6.32.